The van der Waals surface area contributed by atoms with Crippen molar-refractivity contribution in [3.8, 4) is 11.5 Å². The Morgan fingerprint density at radius 1 is 0.878 bits per heavy atom. The lowest BCUT2D eigenvalue weighted by Crippen LogP contribution is -2.62. The van der Waals surface area contributed by atoms with E-state index in [1.54, 1.807) is 6.08 Å². The highest BCUT2D eigenvalue weighted by Crippen LogP contribution is 2.40. The lowest BCUT2D eigenvalue weighted by Gasteiger charge is -2.44. The summed E-state index contributed by atoms with van der Waals surface area (Å²) in [6.45, 7) is -1.12. The number of hydrogen-bond donors (Lipinski definition) is 7. The van der Waals surface area contributed by atoms with Crippen LogP contribution in [0.25, 0.3) is 6.08 Å². The zero-order valence-corrected chi connectivity index (χ0v) is 26.5. The minimum atomic E-state index is -1.79. The van der Waals surface area contributed by atoms with Gasteiger partial charge in [-0.15, -0.1) is 0 Å². The summed E-state index contributed by atoms with van der Waals surface area (Å²) in [5.74, 6) is -2.06. The molecule has 0 saturated carbocycles. The Morgan fingerprint density at radius 3 is 2.24 bits per heavy atom. The number of carbonyl (C=O) groups excluding carboxylic acids is 2. The number of methoxy groups -OCH3 is 2. The lowest BCUT2D eigenvalue weighted by atomic mass is 9.86. The largest absolute Gasteiger partial charge is 0.504 e. The number of aromatic hydroxyl groups is 1. The van der Waals surface area contributed by atoms with Gasteiger partial charge in [0.2, 0.25) is 6.29 Å². The van der Waals surface area contributed by atoms with Gasteiger partial charge in [0.25, 0.3) is 0 Å². The summed E-state index contributed by atoms with van der Waals surface area (Å²) in [7, 11) is 2.62. The molecule has 2 fully saturated rings. The van der Waals surface area contributed by atoms with Crippen LogP contribution < -0.4 is 4.74 Å². The summed E-state index contributed by atoms with van der Waals surface area (Å²) in [6, 6.07) is 4.39. The molecule has 2 saturated heterocycles. The van der Waals surface area contributed by atoms with Crippen LogP contribution in [0, 0.1) is 11.8 Å². The molecule has 1 aromatic carbocycles. The molecule has 0 aromatic heterocycles. The van der Waals surface area contributed by atoms with E-state index in [9.17, 15) is 45.3 Å². The van der Waals surface area contributed by atoms with Gasteiger partial charge in [-0.3, -0.25) is 0 Å². The number of phenols is 1. The molecule has 4 aliphatic rings. The van der Waals surface area contributed by atoms with E-state index in [1.165, 1.54) is 44.8 Å². The van der Waals surface area contributed by atoms with Crippen LogP contribution in [0.4, 0.5) is 0 Å². The van der Waals surface area contributed by atoms with Crippen molar-refractivity contribution >= 4 is 18.0 Å². The van der Waals surface area contributed by atoms with Crippen molar-refractivity contribution in [3.63, 3.8) is 0 Å². The standard InChI is InChI=1S/C32H40O17/c1-42-19-10-14(6-8-18(19)33)7-9-22(34)44-12-20-23(35)25(37)27(39)31(47-20)46-13-21-24(36)26(38)28(40)32(48-21)49-30-16-5-3-4-15(16)17(11-45-30)29(41)43-2/h3,5-11,15-16,20-21,23-28,30-33,35-40H,4,12-13H2,1-2H3/b9-7+/t15-,16+,20+,21+,23+,24+,25-,26-,27+,28+,30-,31+,32-/m0/s1. The normalized spacial score (nSPS) is 37.2. The predicted molar refractivity (Wildman–Crippen MR) is 161 cm³/mol. The molecule has 0 radical (unpaired) electrons. The van der Waals surface area contributed by atoms with Crippen LogP contribution in [0.5, 0.6) is 11.5 Å². The van der Waals surface area contributed by atoms with Crippen molar-refractivity contribution in [3.05, 3.63) is 53.8 Å². The van der Waals surface area contributed by atoms with Crippen LogP contribution in [-0.2, 0) is 42.7 Å². The van der Waals surface area contributed by atoms with E-state index < -0.39 is 98.8 Å². The van der Waals surface area contributed by atoms with E-state index in [-0.39, 0.29) is 17.4 Å². The molecular weight excluding hydrogens is 656 g/mol. The molecule has 17 heteroatoms. The van der Waals surface area contributed by atoms with Crippen molar-refractivity contribution < 1.29 is 83.2 Å². The molecule has 3 aliphatic heterocycles. The Bertz CT molecular complexity index is 1410. The van der Waals surface area contributed by atoms with E-state index in [1.807, 2.05) is 6.08 Å². The highest BCUT2D eigenvalue weighted by molar-refractivity contribution is 5.89. The monoisotopic (exact) mass is 696 g/mol. The van der Waals surface area contributed by atoms with Crippen molar-refractivity contribution in [2.75, 3.05) is 27.4 Å². The first-order chi connectivity index (χ1) is 23.4. The third-order valence-corrected chi connectivity index (χ3v) is 8.71. The van der Waals surface area contributed by atoms with Gasteiger partial charge in [-0.25, -0.2) is 9.59 Å². The molecule has 0 bridgehead atoms. The quantitative estimate of drug-likeness (QED) is 0.0767. The Morgan fingerprint density at radius 2 is 1.55 bits per heavy atom. The summed E-state index contributed by atoms with van der Waals surface area (Å²) >= 11 is 0. The number of allylic oxidation sites excluding steroid dienone is 1. The highest BCUT2D eigenvalue weighted by atomic mass is 16.8. The maximum absolute atomic E-state index is 12.3. The maximum Gasteiger partial charge on any atom is 0.337 e. The van der Waals surface area contributed by atoms with Gasteiger partial charge >= 0.3 is 11.9 Å². The molecule has 1 aliphatic carbocycles. The fourth-order valence-corrected chi connectivity index (χ4v) is 5.90. The van der Waals surface area contributed by atoms with E-state index >= 15 is 0 Å². The van der Waals surface area contributed by atoms with Gasteiger partial charge in [-0.1, -0.05) is 18.2 Å². The number of fused-ring (bicyclic) bond motifs is 1. The molecule has 49 heavy (non-hydrogen) atoms. The molecule has 17 nitrogen and oxygen atoms in total. The molecular formula is C32H40O17. The zero-order valence-electron chi connectivity index (χ0n) is 26.5. The lowest BCUT2D eigenvalue weighted by molar-refractivity contribution is -0.351. The van der Waals surface area contributed by atoms with Crippen molar-refractivity contribution in [2.45, 2.75) is 74.1 Å². The average molecular weight is 697 g/mol. The molecule has 1 aromatic rings. The van der Waals surface area contributed by atoms with Gasteiger partial charge < -0.3 is 73.6 Å². The third-order valence-electron chi connectivity index (χ3n) is 8.71. The van der Waals surface area contributed by atoms with Crippen molar-refractivity contribution in [1.29, 1.82) is 0 Å². The molecule has 270 valence electrons. The number of phenolic OH excluding ortho intramolecular Hbond substituents is 1. The van der Waals surface area contributed by atoms with Crippen molar-refractivity contribution in [1.82, 2.24) is 0 Å². The van der Waals surface area contributed by atoms with Crippen LogP contribution in [-0.4, -0.2) is 143 Å². The van der Waals surface area contributed by atoms with Crippen LogP contribution in [0.1, 0.15) is 12.0 Å². The van der Waals surface area contributed by atoms with Gasteiger partial charge in [0.15, 0.2) is 24.1 Å². The fourth-order valence-electron chi connectivity index (χ4n) is 5.90. The number of rotatable bonds is 11. The first-order valence-corrected chi connectivity index (χ1v) is 15.4. The van der Waals surface area contributed by atoms with Crippen LogP contribution >= 0.6 is 0 Å². The Balaban J connectivity index is 1.17. The number of hydrogen-bond acceptors (Lipinski definition) is 17. The molecule has 3 heterocycles. The number of carbonyl (C=O) groups is 2. The van der Waals surface area contributed by atoms with E-state index in [4.69, 9.17) is 37.9 Å². The minimum absolute atomic E-state index is 0.0854. The SMILES string of the molecule is COC(=O)C1=CO[C@@H](O[C@@H]2O[C@H](CO[C@@H]3O[C@H](COC(=O)/C=C/c4ccc(O)c(OC)c4)[C@@H](O)[C@H](O)[C@H]3O)[C@@H](O)[C@H](O)[C@H]2O)[C@@H]2C=CC[C@H]12. The summed E-state index contributed by atoms with van der Waals surface area (Å²) < 4.78 is 43.3. The Hall–Kier alpha value is -3.62. The van der Waals surface area contributed by atoms with Crippen LogP contribution in [0.2, 0.25) is 0 Å². The molecule has 0 unspecified atom stereocenters. The number of aliphatic hydroxyl groups is 6. The number of esters is 2. The summed E-state index contributed by atoms with van der Waals surface area (Å²) in [5.41, 5.74) is 0.822. The molecule has 13 atom stereocenters. The van der Waals surface area contributed by atoms with Gasteiger partial charge in [-0.2, -0.15) is 0 Å². The minimum Gasteiger partial charge on any atom is -0.504 e. The van der Waals surface area contributed by atoms with Gasteiger partial charge in [0, 0.05) is 17.9 Å². The number of ether oxygens (including phenoxy) is 8. The second-order valence-electron chi connectivity index (χ2n) is 11.8. The zero-order chi connectivity index (χ0) is 35.4. The Kier molecular flexibility index (Phi) is 11.9. The fraction of sp³-hybridized carbons (Fsp3) is 0.562. The molecule has 7 N–H and O–H groups in total. The second-order valence-corrected chi connectivity index (χ2v) is 11.8. The van der Waals surface area contributed by atoms with Gasteiger partial charge in [0.05, 0.1) is 32.7 Å². The highest BCUT2D eigenvalue weighted by Gasteiger charge is 2.50. The molecule has 0 spiro atoms. The average Bonchev–Trinajstić information content (AvgIpc) is 3.60. The van der Waals surface area contributed by atoms with E-state index in [0.29, 0.717) is 17.6 Å². The first kappa shape index (κ1) is 36.7. The predicted octanol–water partition coefficient (Wildman–Crippen LogP) is -1.79. The third kappa shape index (κ3) is 8.07. The molecule has 0 amide bonds. The van der Waals surface area contributed by atoms with Crippen LogP contribution in [0.15, 0.2) is 48.3 Å². The van der Waals surface area contributed by atoms with Crippen LogP contribution in [0.3, 0.4) is 0 Å². The van der Waals surface area contributed by atoms with Crippen molar-refractivity contribution in [2.24, 2.45) is 11.8 Å². The number of benzene rings is 1. The first-order valence-electron chi connectivity index (χ1n) is 15.4. The summed E-state index contributed by atoms with van der Waals surface area (Å²) in [6.07, 6.45) is -9.52. The van der Waals surface area contributed by atoms with E-state index in [2.05, 4.69) is 0 Å². The topological polar surface area (TPSA) is 250 Å². The Labute approximate surface area is 280 Å². The second kappa shape index (κ2) is 15.9. The molecule has 5 rings (SSSR count). The number of aliphatic hydroxyl groups excluding tert-OH is 6. The van der Waals surface area contributed by atoms with Gasteiger partial charge in [0.1, 0.15) is 55.4 Å². The maximum atomic E-state index is 12.3. The van der Waals surface area contributed by atoms with E-state index in [0.717, 1.165) is 6.08 Å². The summed E-state index contributed by atoms with van der Waals surface area (Å²) in [4.78, 5) is 24.5. The smallest absolute Gasteiger partial charge is 0.337 e. The summed E-state index contributed by atoms with van der Waals surface area (Å²) in [5, 5.41) is 72.9. The van der Waals surface area contributed by atoms with Gasteiger partial charge in [-0.05, 0) is 30.2 Å².